The molecule has 0 saturated heterocycles. The molecule has 0 radical (unpaired) electrons. The Morgan fingerprint density at radius 2 is 2.13 bits per heavy atom. The van der Waals surface area contributed by atoms with E-state index in [1.807, 2.05) is 0 Å². The number of aromatic amines is 1. The highest BCUT2D eigenvalue weighted by Gasteiger charge is 2.19. The molecule has 0 aromatic carbocycles. The number of aliphatic hydroxyl groups is 1. The molecule has 0 aliphatic carbocycles. The second-order valence-corrected chi connectivity index (χ2v) is 5.65. The molecule has 0 fully saturated rings. The first kappa shape index (κ1) is 12.2. The molecule has 0 saturated carbocycles. The van der Waals surface area contributed by atoms with Gasteiger partial charge in [-0.15, -0.1) is 0 Å². The summed E-state index contributed by atoms with van der Waals surface area (Å²) in [5.74, 6) is 0.523. The standard InChI is InChI=1S/C12H22N2O/c1-9(6-12(2,3)4)5-11(15)10-7-13-14-8-10/h7-9,11,15H,5-6H2,1-4H3,(H,13,14). The van der Waals surface area contributed by atoms with Gasteiger partial charge in [-0.25, -0.2) is 0 Å². The van der Waals surface area contributed by atoms with Crippen LogP contribution in [0.1, 0.15) is 52.2 Å². The minimum atomic E-state index is -0.388. The Kier molecular flexibility index (Phi) is 3.91. The van der Waals surface area contributed by atoms with E-state index in [4.69, 9.17) is 0 Å². The zero-order valence-electron chi connectivity index (χ0n) is 10.1. The van der Waals surface area contributed by atoms with E-state index in [9.17, 15) is 5.11 Å². The summed E-state index contributed by atoms with van der Waals surface area (Å²) in [6.07, 6.45) is 4.99. The third-order valence-electron chi connectivity index (χ3n) is 2.49. The van der Waals surface area contributed by atoms with Gasteiger partial charge in [-0.2, -0.15) is 5.10 Å². The van der Waals surface area contributed by atoms with E-state index in [0.717, 1.165) is 18.4 Å². The van der Waals surface area contributed by atoms with Crippen LogP contribution < -0.4 is 0 Å². The zero-order chi connectivity index (χ0) is 11.5. The molecule has 0 aliphatic rings. The maximum absolute atomic E-state index is 9.92. The summed E-state index contributed by atoms with van der Waals surface area (Å²) >= 11 is 0. The average Bonchev–Trinajstić information content (AvgIpc) is 2.50. The molecule has 1 aromatic rings. The van der Waals surface area contributed by atoms with Crippen LogP contribution in [0.4, 0.5) is 0 Å². The number of nitrogens with zero attached hydrogens (tertiary/aromatic N) is 1. The predicted molar refractivity (Wildman–Crippen MR) is 61.4 cm³/mol. The molecule has 1 aromatic heterocycles. The molecule has 1 rings (SSSR count). The van der Waals surface area contributed by atoms with Crippen LogP contribution in [-0.2, 0) is 0 Å². The van der Waals surface area contributed by atoms with Gasteiger partial charge in [0, 0.05) is 11.8 Å². The van der Waals surface area contributed by atoms with Crippen LogP contribution in [0.25, 0.3) is 0 Å². The fraction of sp³-hybridized carbons (Fsp3) is 0.750. The summed E-state index contributed by atoms with van der Waals surface area (Å²) in [4.78, 5) is 0. The van der Waals surface area contributed by atoms with Gasteiger partial charge >= 0.3 is 0 Å². The summed E-state index contributed by atoms with van der Waals surface area (Å²) < 4.78 is 0. The van der Waals surface area contributed by atoms with Crippen molar-refractivity contribution in [3.8, 4) is 0 Å². The van der Waals surface area contributed by atoms with Crippen molar-refractivity contribution in [3.05, 3.63) is 18.0 Å². The Morgan fingerprint density at radius 1 is 1.47 bits per heavy atom. The predicted octanol–water partition coefficient (Wildman–Crippen LogP) is 2.91. The van der Waals surface area contributed by atoms with E-state index in [1.165, 1.54) is 0 Å². The first-order valence-electron chi connectivity index (χ1n) is 5.55. The molecule has 0 bridgehead atoms. The molecule has 2 N–H and O–H groups in total. The number of rotatable bonds is 4. The maximum atomic E-state index is 9.92. The molecule has 0 spiro atoms. The summed E-state index contributed by atoms with van der Waals surface area (Å²) in [5.41, 5.74) is 1.21. The quantitative estimate of drug-likeness (QED) is 0.802. The fourth-order valence-electron chi connectivity index (χ4n) is 2.09. The molecule has 15 heavy (non-hydrogen) atoms. The summed E-state index contributed by atoms with van der Waals surface area (Å²) in [5, 5.41) is 16.5. The Morgan fingerprint density at radius 3 is 2.60 bits per heavy atom. The highest BCUT2D eigenvalue weighted by molar-refractivity contribution is 5.06. The molecule has 1 heterocycles. The summed E-state index contributed by atoms with van der Waals surface area (Å²) in [6.45, 7) is 8.88. The van der Waals surface area contributed by atoms with E-state index in [2.05, 4.69) is 37.9 Å². The Balaban J connectivity index is 2.42. The Bertz CT molecular complexity index is 274. The second kappa shape index (κ2) is 4.79. The van der Waals surface area contributed by atoms with Gasteiger partial charge < -0.3 is 5.11 Å². The van der Waals surface area contributed by atoms with E-state index >= 15 is 0 Å². The van der Waals surface area contributed by atoms with Gasteiger partial charge in [-0.05, 0) is 24.2 Å². The monoisotopic (exact) mass is 210 g/mol. The van der Waals surface area contributed by atoms with Gasteiger partial charge in [0.1, 0.15) is 0 Å². The van der Waals surface area contributed by atoms with Gasteiger partial charge in [-0.1, -0.05) is 27.7 Å². The SMILES string of the molecule is CC(CC(O)c1cn[nH]c1)CC(C)(C)C. The van der Waals surface area contributed by atoms with E-state index in [-0.39, 0.29) is 6.10 Å². The van der Waals surface area contributed by atoms with Gasteiger partial charge in [0.05, 0.1) is 12.3 Å². The second-order valence-electron chi connectivity index (χ2n) is 5.65. The lowest BCUT2D eigenvalue weighted by Gasteiger charge is -2.24. The van der Waals surface area contributed by atoms with Crippen molar-refractivity contribution in [3.63, 3.8) is 0 Å². The lowest BCUT2D eigenvalue weighted by Crippen LogP contribution is -2.13. The van der Waals surface area contributed by atoms with Crippen LogP contribution in [0, 0.1) is 11.3 Å². The highest BCUT2D eigenvalue weighted by Crippen LogP contribution is 2.29. The van der Waals surface area contributed by atoms with Crippen molar-refractivity contribution < 1.29 is 5.11 Å². The van der Waals surface area contributed by atoms with Crippen molar-refractivity contribution >= 4 is 0 Å². The molecule has 3 nitrogen and oxygen atoms in total. The molecule has 86 valence electrons. The molecule has 3 heteroatoms. The third-order valence-corrected chi connectivity index (χ3v) is 2.49. The molecule has 2 unspecified atom stereocenters. The summed E-state index contributed by atoms with van der Waals surface area (Å²) in [7, 11) is 0. The number of nitrogens with one attached hydrogen (secondary N) is 1. The lowest BCUT2D eigenvalue weighted by molar-refractivity contribution is 0.134. The van der Waals surface area contributed by atoms with E-state index in [1.54, 1.807) is 12.4 Å². The van der Waals surface area contributed by atoms with Gasteiger partial charge in [0.25, 0.3) is 0 Å². The maximum Gasteiger partial charge on any atom is 0.0823 e. The zero-order valence-corrected chi connectivity index (χ0v) is 10.1. The summed E-state index contributed by atoms with van der Waals surface area (Å²) in [6, 6.07) is 0. The lowest BCUT2D eigenvalue weighted by atomic mass is 9.83. The van der Waals surface area contributed by atoms with Crippen molar-refractivity contribution in [2.75, 3.05) is 0 Å². The molecular weight excluding hydrogens is 188 g/mol. The van der Waals surface area contributed by atoms with E-state index < -0.39 is 0 Å². The van der Waals surface area contributed by atoms with Crippen LogP contribution in [0.5, 0.6) is 0 Å². The van der Waals surface area contributed by atoms with Crippen molar-refractivity contribution in [2.24, 2.45) is 11.3 Å². The highest BCUT2D eigenvalue weighted by atomic mass is 16.3. The van der Waals surface area contributed by atoms with Crippen LogP contribution in [0.2, 0.25) is 0 Å². The normalized spacial score (nSPS) is 16.3. The third kappa shape index (κ3) is 4.47. The Hall–Kier alpha value is -0.830. The number of aromatic nitrogens is 2. The average molecular weight is 210 g/mol. The van der Waals surface area contributed by atoms with Crippen LogP contribution >= 0.6 is 0 Å². The number of hydrogen-bond acceptors (Lipinski definition) is 2. The van der Waals surface area contributed by atoms with Gasteiger partial charge in [0.2, 0.25) is 0 Å². The van der Waals surface area contributed by atoms with Gasteiger partial charge in [-0.3, -0.25) is 5.10 Å². The molecule has 0 amide bonds. The number of hydrogen-bond donors (Lipinski definition) is 2. The first-order chi connectivity index (χ1) is 6.88. The van der Waals surface area contributed by atoms with Gasteiger partial charge in [0.15, 0.2) is 0 Å². The minimum absolute atomic E-state index is 0.329. The molecular formula is C12H22N2O. The number of H-pyrrole nitrogens is 1. The fourth-order valence-corrected chi connectivity index (χ4v) is 2.09. The van der Waals surface area contributed by atoms with E-state index in [0.29, 0.717) is 11.3 Å². The van der Waals surface area contributed by atoms with Crippen molar-refractivity contribution in [1.82, 2.24) is 10.2 Å². The van der Waals surface area contributed by atoms with Crippen molar-refractivity contribution in [2.45, 2.75) is 46.6 Å². The Labute approximate surface area is 91.9 Å². The minimum Gasteiger partial charge on any atom is -0.388 e. The van der Waals surface area contributed by atoms with Crippen molar-refractivity contribution in [1.29, 1.82) is 0 Å². The topological polar surface area (TPSA) is 48.9 Å². The molecule has 0 aliphatic heterocycles. The first-order valence-corrected chi connectivity index (χ1v) is 5.55. The van der Waals surface area contributed by atoms with Crippen LogP contribution in [-0.4, -0.2) is 15.3 Å². The van der Waals surface area contributed by atoms with Crippen LogP contribution in [0.15, 0.2) is 12.4 Å². The largest absolute Gasteiger partial charge is 0.388 e. The van der Waals surface area contributed by atoms with Crippen LogP contribution in [0.3, 0.4) is 0 Å². The molecule has 2 atom stereocenters. The number of aliphatic hydroxyl groups excluding tert-OH is 1. The smallest absolute Gasteiger partial charge is 0.0823 e.